The molecular weight excluding hydrogens is 288 g/mol. The first-order chi connectivity index (χ1) is 9.30. The van der Waals surface area contributed by atoms with Gasteiger partial charge in [-0.05, 0) is 0 Å². The first-order valence-corrected chi connectivity index (χ1v) is 8.13. The summed E-state index contributed by atoms with van der Waals surface area (Å²) in [6, 6.07) is -1.52. The fraction of sp³-hybridized carbons (Fsp3) is 0.818. The molecule has 9 heteroatoms. The molecule has 2 unspecified atom stereocenters. The van der Waals surface area contributed by atoms with Gasteiger partial charge in [-0.15, -0.1) is 0 Å². The smallest absolute Gasteiger partial charge is 0.326 e. The molecule has 8 nitrogen and oxygen atoms in total. The molecule has 0 spiro atoms. The Labute approximate surface area is 118 Å². The number of carboxylic acid groups (broad SMARTS) is 1. The van der Waals surface area contributed by atoms with Gasteiger partial charge in [0, 0.05) is 32.4 Å². The van der Waals surface area contributed by atoms with Crippen molar-refractivity contribution in [1.82, 2.24) is 10.2 Å². The maximum atomic E-state index is 11.9. The minimum absolute atomic E-state index is 0.0100. The zero-order chi connectivity index (χ0) is 15.3. The lowest BCUT2D eigenvalue weighted by atomic mass is 10.2. The Bertz CT molecular complexity index is 464. The Morgan fingerprint density at radius 2 is 2.10 bits per heavy atom. The first-order valence-electron chi connectivity index (χ1n) is 6.31. The van der Waals surface area contributed by atoms with E-state index in [9.17, 15) is 18.0 Å². The Balaban J connectivity index is 2.55. The van der Waals surface area contributed by atoms with Gasteiger partial charge in [0.25, 0.3) is 0 Å². The van der Waals surface area contributed by atoms with E-state index in [1.165, 1.54) is 14.0 Å². The van der Waals surface area contributed by atoms with E-state index in [4.69, 9.17) is 9.84 Å². The van der Waals surface area contributed by atoms with Gasteiger partial charge in [0.1, 0.15) is 6.04 Å². The molecule has 0 aromatic heterocycles. The fourth-order valence-electron chi connectivity index (χ4n) is 1.99. The van der Waals surface area contributed by atoms with Crippen molar-refractivity contribution < 1.29 is 27.9 Å². The molecule has 2 amide bonds. The number of urea groups is 1. The summed E-state index contributed by atoms with van der Waals surface area (Å²) in [6.07, 6.45) is -0.0896. The molecule has 0 bridgehead atoms. The van der Waals surface area contributed by atoms with Crippen LogP contribution in [0.25, 0.3) is 0 Å². The van der Waals surface area contributed by atoms with Crippen molar-refractivity contribution in [1.29, 1.82) is 0 Å². The lowest BCUT2D eigenvalue weighted by Gasteiger charge is -2.21. The molecule has 1 saturated heterocycles. The average molecular weight is 308 g/mol. The Hall–Kier alpha value is -1.35. The molecule has 0 aromatic rings. The molecule has 1 heterocycles. The van der Waals surface area contributed by atoms with E-state index in [0.29, 0.717) is 0 Å². The summed E-state index contributed by atoms with van der Waals surface area (Å²) in [7, 11) is -1.70. The van der Waals surface area contributed by atoms with Crippen molar-refractivity contribution in [2.45, 2.75) is 25.5 Å². The number of aliphatic carboxylic acids is 1. The molecular formula is C11H20N2O6S. The highest BCUT2D eigenvalue weighted by Crippen LogP contribution is 2.20. The summed E-state index contributed by atoms with van der Waals surface area (Å²) in [5.41, 5.74) is 0. The lowest BCUT2D eigenvalue weighted by Crippen LogP contribution is -2.47. The zero-order valence-corrected chi connectivity index (χ0v) is 12.4. The van der Waals surface area contributed by atoms with Crippen LogP contribution in [0.2, 0.25) is 0 Å². The number of amides is 2. The van der Waals surface area contributed by atoms with E-state index >= 15 is 0 Å². The second-order valence-corrected chi connectivity index (χ2v) is 7.04. The maximum absolute atomic E-state index is 11.9. The standard InChI is InChI=1S/C11H20N2O6S/c1-3-20(17,18)5-4-12-11(16)13-7-8(19-2)6-9(13)10(14)15/h8-9H,3-7H2,1-2H3,(H,12,16)(H,14,15). The Morgan fingerprint density at radius 1 is 1.45 bits per heavy atom. The largest absolute Gasteiger partial charge is 0.480 e. The number of hydrogen-bond donors (Lipinski definition) is 2. The molecule has 1 aliphatic heterocycles. The van der Waals surface area contributed by atoms with Gasteiger partial charge in [-0.25, -0.2) is 18.0 Å². The van der Waals surface area contributed by atoms with Crippen LogP contribution in [0, 0.1) is 0 Å². The molecule has 0 aromatic carbocycles. The van der Waals surface area contributed by atoms with Crippen LogP contribution in [0.1, 0.15) is 13.3 Å². The molecule has 2 atom stereocenters. The number of nitrogens with one attached hydrogen (secondary N) is 1. The molecule has 20 heavy (non-hydrogen) atoms. The summed E-state index contributed by atoms with van der Waals surface area (Å²) >= 11 is 0. The van der Waals surface area contributed by atoms with Gasteiger partial charge in [0.15, 0.2) is 9.84 Å². The van der Waals surface area contributed by atoms with E-state index < -0.39 is 27.9 Å². The Kier molecular flexibility index (Phi) is 5.75. The van der Waals surface area contributed by atoms with Crippen LogP contribution in [0.5, 0.6) is 0 Å². The van der Waals surface area contributed by atoms with Crippen molar-refractivity contribution in [2.75, 3.05) is 31.7 Å². The van der Waals surface area contributed by atoms with Gasteiger partial charge < -0.3 is 20.1 Å². The second kappa shape index (κ2) is 6.89. The molecule has 0 aliphatic carbocycles. The van der Waals surface area contributed by atoms with Crippen molar-refractivity contribution in [2.24, 2.45) is 0 Å². The monoisotopic (exact) mass is 308 g/mol. The van der Waals surface area contributed by atoms with Crippen LogP contribution in [0.3, 0.4) is 0 Å². The highest BCUT2D eigenvalue weighted by atomic mass is 32.2. The third-order valence-electron chi connectivity index (χ3n) is 3.27. The minimum atomic E-state index is -3.16. The number of methoxy groups -OCH3 is 1. The zero-order valence-electron chi connectivity index (χ0n) is 11.5. The summed E-state index contributed by atoms with van der Waals surface area (Å²) in [5, 5.41) is 11.5. The predicted octanol–water partition coefficient (Wildman–Crippen LogP) is -0.695. The van der Waals surface area contributed by atoms with Crippen LogP contribution in [-0.4, -0.2) is 74.3 Å². The SMILES string of the molecule is CCS(=O)(=O)CCNC(=O)N1CC(OC)CC1C(=O)O. The second-order valence-electron chi connectivity index (χ2n) is 4.57. The molecule has 0 radical (unpaired) electrons. The van der Waals surface area contributed by atoms with Crippen LogP contribution in [0.15, 0.2) is 0 Å². The highest BCUT2D eigenvalue weighted by molar-refractivity contribution is 7.91. The number of carbonyl (C=O) groups excluding carboxylic acids is 1. The van der Waals surface area contributed by atoms with E-state index in [1.54, 1.807) is 0 Å². The number of carboxylic acids is 1. The quantitative estimate of drug-likeness (QED) is 0.671. The third-order valence-corrected chi connectivity index (χ3v) is 4.98. The van der Waals surface area contributed by atoms with Crippen LogP contribution < -0.4 is 5.32 Å². The molecule has 116 valence electrons. The van der Waals surface area contributed by atoms with E-state index in [2.05, 4.69) is 5.32 Å². The average Bonchev–Trinajstić information content (AvgIpc) is 2.83. The number of ether oxygens (including phenoxy) is 1. The van der Waals surface area contributed by atoms with Gasteiger partial charge in [0.2, 0.25) is 0 Å². The van der Waals surface area contributed by atoms with Gasteiger partial charge >= 0.3 is 12.0 Å². The summed E-state index contributed by atoms with van der Waals surface area (Å²) in [6.45, 7) is 1.68. The number of sulfone groups is 1. The van der Waals surface area contributed by atoms with E-state index in [0.717, 1.165) is 4.90 Å². The van der Waals surface area contributed by atoms with Gasteiger partial charge in [-0.2, -0.15) is 0 Å². The molecule has 1 fully saturated rings. The van der Waals surface area contributed by atoms with Crippen LogP contribution >= 0.6 is 0 Å². The Morgan fingerprint density at radius 3 is 2.60 bits per heavy atom. The van der Waals surface area contributed by atoms with Gasteiger partial charge in [-0.3, -0.25) is 0 Å². The van der Waals surface area contributed by atoms with E-state index in [-0.39, 0.29) is 37.1 Å². The number of likely N-dealkylation sites (tertiary alicyclic amines) is 1. The normalized spacial score (nSPS) is 22.8. The van der Waals surface area contributed by atoms with Gasteiger partial charge in [-0.1, -0.05) is 6.92 Å². The highest BCUT2D eigenvalue weighted by Gasteiger charge is 2.39. The van der Waals surface area contributed by atoms with Crippen molar-refractivity contribution in [3.8, 4) is 0 Å². The third kappa shape index (κ3) is 4.34. The number of rotatable bonds is 6. The van der Waals surface area contributed by atoms with Crippen molar-refractivity contribution in [3.05, 3.63) is 0 Å². The minimum Gasteiger partial charge on any atom is -0.480 e. The number of carbonyl (C=O) groups is 2. The molecule has 1 rings (SSSR count). The summed E-state index contributed by atoms with van der Waals surface area (Å²) in [4.78, 5) is 24.1. The predicted molar refractivity (Wildman–Crippen MR) is 71.3 cm³/mol. The number of hydrogen-bond acceptors (Lipinski definition) is 5. The summed E-state index contributed by atoms with van der Waals surface area (Å²) < 4.78 is 27.7. The van der Waals surface area contributed by atoms with Crippen LogP contribution in [0.4, 0.5) is 4.79 Å². The summed E-state index contributed by atoms with van der Waals surface area (Å²) in [5.74, 6) is -1.24. The van der Waals surface area contributed by atoms with Gasteiger partial charge in [0.05, 0.1) is 11.9 Å². The molecule has 1 aliphatic rings. The lowest BCUT2D eigenvalue weighted by molar-refractivity contribution is -0.141. The van der Waals surface area contributed by atoms with E-state index in [1.807, 2.05) is 0 Å². The van der Waals surface area contributed by atoms with Crippen LogP contribution in [-0.2, 0) is 19.4 Å². The molecule has 2 N–H and O–H groups in total. The van der Waals surface area contributed by atoms with Crippen molar-refractivity contribution >= 4 is 21.8 Å². The maximum Gasteiger partial charge on any atom is 0.326 e. The van der Waals surface area contributed by atoms with Crippen molar-refractivity contribution in [3.63, 3.8) is 0 Å². The first kappa shape index (κ1) is 16.7. The number of nitrogens with zero attached hydrogens (tertiary/aromatic N) is 1. The molecule has 0 saturated carbocycles. The fourth-order valence-corrected chi connectivity index (χ4v) is 2.69. The topological polar surface area (TPSA) is 113 Å².